The summed E-state index contributed by atoms with van der Waals surface area (Å²) in [6.07, 6.45) is 6.19. The highest BCUT2D eigenvalue weighted by atomic mass is 16.2. The van der Waals surface area contributed by atoms with Gasteiger partial charge in [-0.2, -0.15) is 0 Å². The summed E-state index contributed by atoms with van der Waals surface area (Å²) in [6, 6.07) is 6.18. The van der Waals surface area contributed by atoms with Gasteiger partial charge in [-0.05, 0) is 43.9 Å². The lowest BCUT2D eigenvalue weighted by Crippen LogP contribution is -2.33. The first-order valence-corrected chi connectivity index (χ1v) is 8.48. The maximum Gasteiger partial charge on any atom is 0.236 e. The summed E-state index contributed by atoms with van der Waals surface area (Å²) in [5.41, 5.74) is 3.61. The summed E-state index contributed by atoms with van der Waals surface area (Å²) in [5, 5.41) is 0. The highest BCUT2D eigenvalue weighted by Crippen LogP contribution is 2.42. The zero-order valence-corrected chi connectivity index (χ0v) is 14.4. The fourth-order valence-electron chi connectivity index (χ4n) is 3.71. The average Bonchev–Trinajstić information content (AvgIpc) is 3.19. The van der Waals surface area contributed by atoms with E-state index in [-0.39, 0.29) is 5.91 Å². The molecule has 0 saturated carbocycles. The maximum absolute atomic E-state index is 12.4. The minimum atomic E-state index is -0.460. The van der Waals surface area contributed by atoms with Crippen molar-refractivity contribution in [2.24, 2.45) is 0 Å². The van der Waals surface area contributed by atoms with Gasteiger partial charge in [-0.3, -0.25) is 4.79 Å². The van der Waals surface area contributed by atoms with Crippen molar-refractivity contribution in [2.45, 2.75) is 32.1 Å². The summed E-state index contributed by atoms with van der Waals surface area (Å²) in [5.74, 6) is 0.945. The Hall–Kier alpha value is -2.43. The number of hydrogen-bond acceptors (Lipinski definition) is 4. The topological polar surface area (TPSA) is 49.3 Å². The second-order valence-electron chi connectivity index (χ2n) is 7.19. The molecule has 24 heavy (non-hydrogen) atoms. The first-order chi connectivity index (χ1) is 11.5. The fourth-order valence-corrected chi connectivity index (χ4v) is 3.71. The van der Waals surface area contributed by atoms with Crippen LogP contribution in [0.1, 0.15) is 32.3 Å². The van der Waals surface area contributed by atoms with Gasteiger partial charge in [0.1, 0.15) is 0 Å². The Balaban J connectivity index is 1.67. The molecule has 3 heterocycles. The van der Waals surface area contributed by atoms with Gasteiger partial charge in [0.2, 0.25) is 11.9 Å². The second kappa shape index (κ2) is 5.30. The van der Waals surface area contributed by atoms with Crippen molar-refractivity contribution in [2.75, 3.05) is 29.9 Å². The molecular formula is C19H22N4O. The standard InChI is InChI=1S/C19H22N4O/c1-19(2)15-7-6-13(10-16(15)22(3)17(19)24)14-11-20-18(21-12-14)23-8-4-5-9-23/h6-7,10-12H,4-5,8-9H2,1-3H3. The third-order valence-electron chi connectivity index (χ3n) is 5.23. The van der Waals surface area contributed by atoms with Crippen molar-refractivity contribution in [1.29, 1.82) is 0 Å². The number of carbonyl (C=O) groups excluding carboxylic acids is 1. The summed E-state index contributed by atoms with van der Waals surface area (Å²) < 4.78 is 0. The molecule has 0 bridgehead atoms. The Morgan fingerprint density at radius 1 is 1.04 bits per heavy atom. The highest BCUT2D eigenvalue weighted by molar-refractivity contribution is 6.07. The van der Waals surface area contributed by atoms with Crippen LogP contribution in [-0.2, 0) is 10.2 Å². The Morgan fingerprint density at radius 2 is 1.71 bits per heavy atom. The average molecular weight is 322 g/mol. The molecule has 124 valence electrons. The number of aromatic nitrogens is 2. The number of likely N-dealkylation sites (N-methyl/N-ethyl adjacent to an activating group) is 1. The van der Waals surface area contributed by atoms with Crippen LogP contribution in [-0.4, -0.2) is 36.0 Å². The Labute approximate surface area is 142 Å². The van der Waals surface area contributed by atoms with Gasteiger partial charge < -0.3 is 9.80 Å². The van der Waals surface area contributed by atoms with Crippen LogP contribution < -0.4 is 9.80 Å². The van der Waals surface area contributed by atoms with E-state index in [1.807, 2.05) is 33.3 Å². The van der Waals surface area contributed by atoms with Crippen LogP contribution >= 0.6 is 0 Å². The lowest BCUT2D eigenvalue weighted by atomic mass is 9.85. The molecule has 2 aliphatic heterocycles. The molecule has 1 aromatic carbocycles. The minimum absolute atomic E-state index is 0.135. The van der Waals surface area contributed by atoms with E-state index in [0.29, 0.717) is 0 Å². The first kappa shape index (κ1) is 15.1. The smallest absolute Gasteiger partial charge is 0.236 e. The molecule has 5 heteroatoms. The summed E-state index contributed by atoms with van der Waals surface area (Å²) in [4.78, 5) is 25.4. The summed E-state index contributed by atoms with van der Waals surface area (Å²) in [7, 11) is 1.84. The van der Waals surface area contributed by atoms with E-state index in [0.717, 1.165) is 41.4 Å². The molecule has 1 aromatic heterocycles. The number of benzene rings is 1. The van der Waals surface area contributed by atoms with E-state index in [4.69, 9.17) is 0 Å². The highest BCUT2D eigenvalue weighted by Gasteiger charge is 2.42. The van der Waals surface area contributed by atoms with Gasteiger partial charge in [0.25, 0.3) is 0 Å². The van der Waals surface area contributed by atoms with Crippen molar-refractivity contribution >= 4 is 17.5 Å². The van der Waals surface area contributed by atoms with Gasteiger partial charge in [0, 0.05) is 43.8 Å². The third-order valence-corrected chi connectivity index (χ3v) is 5.23. The van der Waals surface area contributed by atoms with Crippen LogP contribution in [0.3, 0.4) is 0 Å². The van der Waals surface area contributed by atoms with E-state index in [1.54, 1.807) is 4.90 Å². The largest absolute Gasteiger partial charge is 0.341 e. The predicted molar refractivity (Wildman–Crippen MR) is 95.4 cm³/mol. The van der Waals surface area contributed by atoms with Crippen LogP contribution in [0.5, 0.6) is 0 Å². The molecule has 0 unspecified atom stereocenters. The molecule has 1 saturated heterocycles. The van der Waals surface area contributed by atoms with Gasteiger partial charge in [0.05, 0.1) is 5.41 Å². The van der Waals surface area contributed by atoms with Gasteiger partial charge in [-0.1, -0.05) is 12.1 Å². The van der Waals surface area contributed by atoms with Crippen LogP contribution in [0, 0.1) is 0 Å². The van der Waals surface area contributed by atoms with Crippen molar-refractivity contribution in [3.8, 4) is 11.1 Å². The molecule has 1 fully saturated rings. The van der Waals surface area contributed by atoms with Crippen molar-refractivity contribution in [3.63, 3.8) is 0 Å². The Morgan fingerprint density at radius 3 is 2.38 bits per heavy atom. The molecule has 2 aromatic rings. The lowest BCUT2D eigenvalue weighted by molar-refractivity contribution is -0.121. The van der Waals surface area contributed by atoms with E-state index in [1.165, 1.54) is 12.8 Å². The number of hydrogen-bond donors (Lipinski definition) is 0. The van der Waals surface area contributed by atoms with Gasteiger partial charge >= 0.3 is 0 Å². The maximum atomic E-state index is 12.4. The van der Waals surface area contributed by atoms with Gasteiger partial charge in [-0.25, -0.2) is 9.97 Å². The van der Waals surface area contributed by atoms with Crippen molar-refractivity contribution in [1.82, 2.24) is 9.97 Å². The lowest BCUT2D eigenvalue weighted by Gasteiger charge is -2.16. The van der Waals surface area contributed by atoms with Crippen LogP contribution in [0.25, 0.3) is 11.1 Å². The van der Waals surface area contributed by atoms with Crippen LogP contribution in [0.2, 0.25) is 0 Å². The van der Waals surface area contributed by atoms with Crippen LogP contribution in [0.15, 0.2) is 30.6 Å². The number of fused-ring (bicyclic) bond motifs is 1. The van der Waals surface area contributed by atoms with E-state index < -0.39 is 5.41 Å². The van der Waals surface area contributed by atoms with E-state index >= 15 is 0 Å². The summed E-state index contributed by atoms with van der Waals surface area (Å²) in [6.45, 7) is 6.04. The molecule has 0 atom stereocenters. The zero-order valence-electron chi connectivity index (χ0n) is 14.4. The van der Waals surface area contributed by atoms with Crippen molar-refractivity contribution in [3.05, 3.63) is 36.2 Å². The van der Waals surface area contributed by atoms with E-state index in [2.05, 4.69) is 33.1 Å². The minimum Gasteiger partial charge on any atom is -0.341 e. The molecule has 0 N–H and O–H groups in total. The number of carbonyl (C=O) groups is 1. The zero-order chi connectivity index (χ0) is 16.9. The summed E-state index contributed by atoms with van der Waals surface area (Å²) >= 11 is 0. The van der Waals surface area contributed by atoms with Crippen molar-refractivity contribution < 1.29 is 4.79 Å². The molecule has 2 aliphatic rings. The molecule has 0 spiro atoms. The SMILES string of the molecule is CN1C(=O)C(C)(C)c2ccc(-c3cnc(N4CCCC4)nc3)cc21. The second-order valence-corrected chi connectivity index (χ2v) is 7.19. The van der Waals surface area contributed by atoms with E-state index in [9.17, 15) is 4.79 Å². The Kier molecular flexibility index (Phi) is 3.34. The predicted octanol–water partition coefficient (Wildman–Crippen LogP) is 3.00. The first-order valence-electron chi connectivity index (χ1n) is 8.48. The third kappa shape index (κ3) is 2.19. The molecule has 4 rings (SSSR count). The fraction of sp³-hybridized carbons (Fsp3) is 0.421. The number of nitrogens with zero attached hydrogens (tertiary/aromatic N) is 4. The monoisotopic (exact) mass is 322 g/mol. The van der Waals surface area contributed by atoms with Crippen LogP contribution in [0.4, 0.5) is 11.6 Å². The molecule has 1 amide bonds. The molecule has 0 aliphatic carbocycles. The quantitative estimate of drug-likeness (QED) is 0.853. The van der Waals surface area contributed by atoms with Gasteiger partial charge in [0.15, 0.2) is 0 Å². The normalized spacial score (nSPS) is 19.0. The van der Waals surface area contributed by atoms with Gasteiger partial charge in [-0.15, -0.1) is 0 Å². The number of anilines is 2. The number of rotatable bonds is 2. The molecule has 5 nitrogen and oxygen atoms in total. The molecule has 0 radical (unpaired) electrons. The number of amides is 1. The Bertz CT molecular complexity index is 792. The molecular weight excluding hydrogens is 300 g/mol.